The van der Waals surface area contributed by atoms with Gasteiger partial charge in [0.05, 0.1) is 12.7 Å². The fraction of sp³-hybridized carbons (Fsp3) is 0.514. The number of hydrogen-bond acceptors (Lipinski definition) is 4. The molecule has 0 heterocycles. The molecule has 0 aliphatic carbocycles. The number of benzene rings is 3. The average Bonchev–Trinajstić information content (AvgIpc) is 2.94. The highest BCUT2D eigenvalue weighted by Crippen LogP contribution is 2.43. The molecule has 0 saturated heterocycles. The van der Waals surface area contributed by atoms with Gasteiger partial charge in [-0.2, -0.15) is 0 Å². The number of hydrogen-bond donors (Lipinski definition) is 0. The van der Waals surface area contributed by atoms with Crippen LogP contribution in [-0.2, 0) is 23.9 Å². The van der Waals surface area contributed by atoms with Gasteiger partial charge in [0.1, 0.15) is 11.7 Å². The van der Waals surface area contributed by atoms with Crippen molar-refractivity contribution in [3.05, 3.63) is 108 Å². The summed E-state index contributed by atoms with van der Waals surface area (Å²) in [7, 11) is -2.84. The number of rotatable bonds is 15. The van der Waals surface area contributed by atoms with Crippen LogP contribution in [0.1, 0.15) is 71.1 Å². The molecule has 0 aliphatic heterocycles. The molecule has 0 N–H and O–H groups in total. The van der Waals surface area contributed by atoms with Crippen LogP contribution in [0, 0.1) is 10.8 Å². The summed E-state index contributed by atoms with van der Waals surface area (Å²) in [4.78, 5) is 0. The van der Waals surface area contributed by atoms with Crippen LogP contribution in [-0.4, -0.2) is 43.2 Å². The van der Waals surface area contributed by atoms with Gasteiger partial charge in [0.2, 0.25) is 0 Å². The van der Waals surface area contributed by atoms with Crippen LogP contribution in [0.2, 0.25) is 26.2 Å². The summed E-state index contributed by atoms with van der Waals surface area (Å²) >= 11 is 0. The Labute approximate surface area is 265 Å². The van der Waals surface area contributed by atoms with Gasteiger partial charge >= 0.3 is 0 Å². The zero-order chi connectivity index (χ0) is 31.7. The van der Waals surface area contributed by atoms with Gasteiger partial charge in [-0.25, -0.2) is 0 Å². The summed E-state index contributed by atoms with van der Waals surface area (Å²) in [5.41, 5.74) is 2.37. The molecule has 0 bridgehead atoms. The third-order valence-corrected chi connectivity index (χ3v) is 9.27. The molecular weight excluding hydrogens is 565 g/mol. The second kappa shape index (κ2) is 15.8. The van der Waals surface area contributed by atoms with Crippen LogP contribution in [0.3, 0.4) is 0 Å². The lowest BCUT2D eigenvalue weighted by Crippen LogP contribution is -2.47. The molecule has 0 aliphatic rings. The van der Waals surface area contributed by atoms with E-state index >= 15 is 0 Å². The van der Waals surface area contributed by atoms with Crippen LogP contribution in [0.5, 0.6) is 0 Å². The van der Waals surface area contributed by atoms with Gasteiger partial charge in [0, 0.05) is 0 Å². The Balaban J connectivity index is 2.16. The molecule has 0 spiro atoms. The first kappa shape index (κ1) is 35.4. The molecule has 0 saturated carbocycles. The normalized spacial score (nSPS) is 15.1. The van der Waals surface area contributed by atoms with Gasteiger partial charge in [0.15, 0.2) is 24.4 Å². The largest absolute Gasteiger partial charge is 0.415 e. The monoisotopic (exact) mass is 620 g/mol. The van der Waals surface area contributed by atoms with Crippen molar-refractivity contribution in [2.24, 2.45) is 10.8 Å². The third-order valence-electron chi connectivity index (χ3n) is 7.59. The SMILES string of the molecule is C[SiH](C)OC(COC(CCC(C)(C)C)[C@H](O[SiH](C)C)OC(c1ccccc1)(c1ccccc1)c1ccccc1)C(C)(C)C. The molecule has 3 aromatic rings. The minimum atomic E-state index is -1.56. The summed E-state index contributed by atoms with van der Waals surface area (Å²) in [6, 6.07) is 31.6. The van der Waals surface area contributed by atoms with E-state index in [1.54, 1.807) is 0 Å². The van der Waals surface area contributed by atoms with Crippen LogP contribution >= 0.6 is 0 Å². The van der Waals surface area contributed by atoms with Crippen molar-refractivity contribution < 1.29 is 18.3 Å². The Morgan fingerprint density at radius 3 is 1.37 bits per heavy atom. The van der Waals surface area contributed by atoms with Crippen molar-refractivity contribution in [2.45, 2.75) is 105 Å². The van der Waals surface area contributed by atoms with Gasteiger partial charge in [-0.15, -0.1) is 0 Å². The van der Waals surface area contributed by atoms with Gasteiger partial charge in [-0.3, -0.25) is 0 Å². The molecule has 6 heteroatoms. The van der Waals surface area contributed by atoms with Gasteiger partial charge < -0.3 is 18.3 Å². The Morgan fingerprint density at radius 1 is 0.605 bits per heavy atom. The summed E-state index contributed by atoms with van der Waals surface area (Å²) in [6.07, 6.45) is 0.948. The van der Waals surface area contributed by atoms with Crippen molar-refractivity contribution in [3.8, 4) is 0 Å². The van der Waals surface area contributed by atoms with E-state index < -0.39 is 30.0 Å². The molecule has 0 radical (unpaired) electrons. The lowest BCUT2D eigenvalue weighted by Gasteiger charge is -2.42. The molecule has 3 atom stereocenters. The Hall–Kier alpha value is -2.07. The smallest absolute Gasteiger partial charge is 0.176 e. The molecule has 3 aromatic carbocycles. The maximum Gasteiger partial charge on any atom is 0.176 e. The first-order valence-electron chi connectivity index (χ1n) is 16.0. The minimum absolute atomic E-state index is 0.00428. The van der Waals surface area contributed by atoms with Crippen molar-refractivity contribution in [1.82, 2.24) is 0 Å². The zero-order valence-corrected chi connectivity index (χ0v) is 30.6. The zero-order valence-electron chi connectivity index (χ0n) is 28.3. The summed E-state index contributed by atoms with van der Waals surface area (Å²) in [5, 5.41) is 0. The van der Waals surface area contributed by atoms with E-state index in [9.17, 15) is 0 Å². The fourth-order valence-corrected chi connectivity index (χ4v) is 7.17. The standard InChI is InChI=1S/C37H56O4Si2/c1-35(2,3)27-26-32(38-28-33(36(4,5)6)40-42(7)8)34(41-43(9)10)39-37(29-20-14-11-15-21-29,30-22-16-12-17-23-30)31-24-18-13-19-25-31/h11-25,32-34,42-43H,26-28H2,1-10H3/t32?,33?,34-/m0/s1. The fourth-order valence-electron chi connectivity index (χ4n) is 5.26. The van der Waals surface area contributed by atoms with Crippen LogP contribution in [0.15, 0.2) is 91.0 Å². The highest BCUT2D eigenvalue weighted by atomic mass is 28.3. The Bertz CT molecular complexity index is 1090. The Kier molecular flexibility index (Phi) is 13.0. The van der Waals surface area contributed by atoms with E-state index in [1.807, 2.05) is 0 Å². The van der Waals surface area contributed by atoms with Crippen molar-refractivity contribution in [1.29, 1.82) is 0 Å². The molecular formula is C37H56O4Si2. The summed E-state index contributed by atoms with van der Waals surface area (Å²) in [6.45, 7) is 22.9. The van der Waals surface area contributed by atoms with Crippen molar-refractivity contribution in [2.75, 3.05) is 6.61 Å². The number of ether oxygens (including phenoxy) is 2. The molecule has 43 heavy (non-hydrogen) atoms. The molecule has 4 nitrogen and oxygen atoms in total. The first-order valence-corrected chi connectivity index (χ1v) is 21.6. The first-order chi connectivity index (χ1) is 20.2. The maximum absolute atomic E-state index is 7.49. The molecule has 3 rings (SSSR count). The average molecular weight is 621 g/mol. The second-order valence-electron chi connectivity index (χ2n) is 14.5. The van der Waals surface area contributed by atoms with E-state index in [0.717, 1.165) is 29.5 Å². The summed E-state index contributed by atoms with van der Waals surface area (Å²) < 4.78 is 27.8. The highest BCUT2D eigenvalue weighted by molar-refractivity contribution is 6.48. The second-order valence-corrected chi connectivity index (χ2v) is 19.2. The molecule has 0 fully saturated rings. The Morgan fingerprint density at radius 2 is 1.02 bits per heavy atom. The lowest BCUT2D eigenvalue weighted by molar-refractivity contribution is -0.214. The molecule has 236 valence electrons. The van der Waals surface area contributed by atoms with Crippen molar-refractivity contribution in [3.63, 3.8) is 0 Å². The van der Waals surface area contributed by atoms with E-state index in [0.29, 0.717) is 6.61 Å². The molecule has 0 amide bonds. The summed E-state index contributed by atoms with van der Waals surface area (Å²) in [5.74, 6) is 0. The van der Waals surface area contributed by atoms with E-state index in [4.69, 9.17) is 18.3 Å². The van der Waals surface area contributed by atoms with Crippen molar-refractivity contribution >= 4 is 18.1 Å². The highest BCUT2D eigenvalue weighted by Gasteiger charge is 2.43. The van der Waals surface area contributed by atoms with E-state index in [-0.39, 0.29) is 23.0 Å². The van der Waals surface area contributed by atoms with E-state index in [1.165, 1.54) is 0 Å². The van der Waals surface area contributed by atoms with Crippen LogP contribution in [0.25, 0.3) is 0 Å². The molecule has 2 unspecified atom stereocenters. The lowest BCUT2D eigenvalue weighted by atomic mass is 9.80. The minimum Gasteiger partial charge on any atom is -0.415 e. The quantitative estimate of drug-likeness (QED) is 0.0966. The van der Waals surface area contributed by atoms with Crippen LogP contribution in [0.4, 0.5) is 0 Å². The topological polar surface area (TPSA) is 36.9 Å². The maximum atomic E-state index is 7.49. The molecule has 0 aromatic heterocycles. The predicted octanol–water partition coefficient (Wildman–Crippen LogP) is 8.95. The van der Waals surface area contributed by atoms with Gasteiger partial charge in [0.25, 0.3) is 0 Å². The van der Waals surface area contributed by atoms with E-state index in [2.05, 4.69) is 159 Å². The predicted molar refractivity (Wildman–Crippen MR) is 186 cm³/mol. The van der Waals surface area contributed by atoms with Gasteiger partial charge in [-0.05, 0) is 66.6 Å². The van der Waals surface area contributed by atoms with Gasteiger partial charge in [-0.1, -0.05) is 133 Å². The third kappa shape index (κ3) is 10.5. The van der Waals surface area contributed by atoms with Crippen LogP contribution < -0.4 is 0 Å².